The summed E-state index contributed by atoms with van der Waals surface area (Å²) in [7, 11) is -4.21. The van der Waals surface area contributed by atoms with Crippen LogP contribution in [-0.2, 0) is 26.2 Å². The van der Waals surface area contributed by atoms with E-state index in [-0.39, 0.29) is 34.1 Å². The molecular formula is C31H35Cl2N3O4S. The molecule has 0 heterocycles. The van der Waals surface area contributed by atoms with Crippen molar-refractivity contribution in [1.82, 2.24) is 10.2 Å². The third kappa shape index (κ3) is 7.61. The number of amides is 2. The highest BCUT2D eigenvalue weighted by Gasteiger charge is 2.35. The van der Waals surface area contributed by atoms with Gasteiger partial charge in [0, 0.05) is 17.6 Å². The van der Waals surface area contributed by atoms with Gasteiger partial charge >= 0.3 is 0 Å². The number of carbonyl (C=O) groups excluding carboxylic acids is 2. The van der Waals surface area contributed by atoms with Gasteiger partial charge in [-0.05, 0) is 62.1 Å². The minimum atomic E-state index is -4.21. The standard InChI is InChI=1S/C31H35Cl2N3O4S/c1-3-28(31(38)34-25-12-7-8-13-25)35(20-23-11-9-10-22(2)18-23)30(37)21-36(29-17-16-24(32)19-27(29)33)41(39,40)26-14-5-4-6-15-26/h4-6,9-11,14-19,25,28H,3,7-8,12-13,20-21H2,1-2H3,(H,34,38). The number of aryl methyl sites for hydroxylation is 1. The van der Waals surface area contributed by atoms with Crippen LogP contribution in [0.5, 0.6) is 0 Å². The Hall–Kier alpha value is -3.07. The molecule has 1 fully saturated rings. The minimum absolute atomic E-state index is 0.00932. The Kier molecular flexibility index (Phi) is 10.3. The fourth-order valence-electron chi connectivity index (χ4n) is 5.21. The van der Waals surface area contributed by atoms with Crippen LogP contribution in [0.15, 0.2) is 77.7 Å². The van der Waals surface area contributed by atoms with E-state index in [1.165, 1.54) is 35.2 Å². The molecule has 10 heteroatoms. The van der Waals surface area contributed by atoms with Gasteiger partial charge in [0.1, 0.15) is 12.6 Å². The number of nitrogens with zero attached hydrogens (tertiary/aromatic N) is 2. The van der Waals surface area contributed by atoms with Crippen LogP contribution in [0.1, 0.15) is 50.2 Å². The lowest BCUT2D eigenvalue weighted by Crippen LogP contribution is -2.53. The predicted molar refractivity (Wildman–Crippen MR) is 164 cm³/mol. The highest BCUT2D eigenvalue weighted by molar-refractivity contribution is 7.92. The Balaban J connectivity index is 1.73. The molecule has 1 atom stereocenters. The highest BCUT2D eigenvalue weighted by atomic mass is 35.5. The second-order valence-corrected chi connectivity index (χ2v) is 13.1. The van der Waals surface area contributed by atoms with Crippen molar-refractivity contribution in [3.8, 4) is 0 Å². The molecule has 41 heavy (non-hydrogen) atoms. The normalized spacial score (nSPS) is 14.4. The third-order valence-electron chi connectivity index (χ3n) is 7.31. The number of carbonyl (C=O) groups is 2. The molecule has 1 saturated carbocycles. The molecule has 0 spiro atoms. The van der Waals surface area contributed by atoms with Gasteiger partial charge < -0.3 is 10.2 Å². The third-order valence-corrected chi connectivity index (χ3v) is 9.62. The smallest absolute Gasteiger partial charge is 0.264 e. The first-order valence-electron chi connectivity index (χ1n) is 13.8. The van der Waals surface area contributed by atoms with Crippen molar-refractivity contribution in [3.63, 3.8) is 0 Å². The number of benzene rings is 3. The van der Waals surface area contributed by atoms with Crippen LogP contribution in [-0.4, -0.2) is 43.8 Å². The first-order chi connectivity index (χ1) is 19.6. The second-order valence-electron chi connectivity index (χ2n) is 10.3. The van der Waals surface area contributed by atoms with Crippen LogP contribution >= 0.6 is 23.2 Å². The van der Waals surface area contributed by atoms with Gasteiger partial charge in [0.15, 0.2) is 0 Å². The maximum absolute atomic E-state index is 14.2. The number of nitrogens with one attached hydrogen (secondary N) is 1. The summed E-state index contributed by atoms with van der Waals surface area (Å²) in [6.45, 7) is 3.39. The molecule has 3 aromatic rings. The Morgan fingerprint density at radius 3 is 2.32 bits per heavy atom. The first-order valence-corrected chi connectivity index (χ1v) is 16.0. The van der Waals surface area contributed by atoms with Gasteiger partial charge in [0.2, 0.25) is 11.8 Å². The monoisotopic (exact) mass is 615 g/mol. The zero-order chi connectivity index (χ0) is 29.6. The molecule has 1 aliphatic rings. The minimum Gasteiger partial charge on any atom is -0.352 e. The predicted octanol–water partition coefficient (Wildman–Crippen LogP) is 6.36. The van der Waals surface area contributed by atoms with E-state index in [0.29, 0.717) is 11.4 Å². The quantitative estimate of drug-likeness (QED) is 0.272. The van der Waals surface area contributed by atoms with Crippen LogP contribution in [0.4, 0.5) is 5.69 Å². The van der Waals surface area contributed by atoms with E-state index >= 15 is 0 Å². The molecule has 0 aromatic heterocycles. The summed E-state index contributed by atoms with van der Waals surface area (Å²) in [6, 6.07) is 19.3. The lowest BCUT2D eigenvalue weighted by atomic mass is 10.1. The molecule has 218 valence electrons. The van der Waals surface area contributed by atoms with E-state index in [0.717, 1.165) is 41.1 Å². The van der Waals surface area contributed by atoms with Crippen LogP contribution < -0.4 is 9.62 Å². The van der Waals surface area contributed by atoms with Gasteiger partial charge in [-0.25, -0.2) is 8.42 Å². The van der Waals surface area contributed by atoms with E-state index < -0.39 is 28.5 Å². The summed E-state index contributed by atoms with van der Waals surface area (Å²) in [6.07, 6.45) is 4.30. The van der Waals surface area contributed by atoms with E-state index in [4.69, 9.17) is 23.2 Å². The molecule has 3 aromatic carbocycles. The molecule has 1 aliphatic carbocycles. The van der Waals surface area contributed by atoms with Crippen LogP contribution in [0.2, 0.25) is 10.0 Å². The largest absolute Gasteiger partial charge is 0.352 e. The number of anilines is 1. The lowest BCUT2D eigenvalue weighted by molar-refractivity contribution is -0.140. The maximum Gasteiger partial charge on any atom is 0.264 e. The van der Waals surface area contributed by atoms with Crippen molar-refractivity contribution in [2.45, 2.75) is 69.5 Å². The van der Waals surface area contributed by atoms with Crippen molar-refractivity contribution in [3.05, 3.63) is 94.0 Å². The van der Waals surface area contributed by atoms with E-state index in [2.05, 4.69) is 5.32 Å². The van der Waals surface area contributed by atoms with Gasteiger partial charge in [-0.3, -0.25) is 13.9 Å². The number of sulfonamides is 1. The Morgan fingerprint density at radius 1 is 0.976 bits per heavy atom. The molecule has 1 unspecified atom stereocenters. The topological polar surface area (TPSA) is 86.8 Å². The fourth-order valence-corrected chi connectivity index (χ4v) is 7.23. The molecule has 0 saturated heterocycles. The SMILES string of the molecule is CCC(C(=O)NC1CCCC1)N(Cc1cccc(C)c1)C(=O)CN(c1ccc(Cl)cc1Cl)S(=O)(=O)c1ccccc1. The Labute approximate surface area is 252 Å². The molecule has 7 nitrogen and oxygen atoms in total. The van der Waals surface area contributed by atoms with Crippen molar-refractivity contribution >= 4 is 50.7 Å². The van der Waals surface area contributed by atoms with Crippen molar-refractivity contribution in [2.75, 3.05) is 10.8 Å². The van der Waals surface area contributed by atoms with Crippen molar-refractivity contribution < 1.29 is 18.0 Å². The van der Waals surface area contributed by atoms with Crippen molar-refractivity contribution in [1.29, 1.82) is 0 Å². The summed E-state index contributed by atoms with van der Waals surface area (Å²) in [5, 5.41) is 3.53. The zero-order valence-electron chi connectivity index (χ0n) is 23.2. The van der Waals surface area contributed by atoms with Crippen LogP contribution in [0.25, 0.3) is 0 Å². The van der Waals surface area contributed by atoms with Gasteiger partial charge in [0.25, 0.3) is 10.0 Å². The summed E-state index contributed by atoms with van der Waals surface area (Å²) in [5.74, 6) is -0.757. The van der Waals surface area contributed by atoms with E-state index in [9.17, 15) is 18.0 Å². The lowest BCUT2D eigenvalue weighted by Gasteiger charge is -2.34. The molecule has 0 radical (unpaired) electrons. The molecule has 4 rings (SSSR count). The fraction of sp³-hybridized carbons (Fsp3) is 0.355. The highest BCUT2D eigenvalue weighted by Crippen LogP contribution is 2.33. The molecule has 1 N–H and O–H groups in total. The molecule has 2 amide bonds. The Bertz CT molecular complexity index is 1480. The number of rotatable bonds is 11. The number of hydrogen-bond acceptors (Lipinski definition) is 4. The van der Waals surface area contributed by atoms with E-state index in [1.807, 2.05) is 38.1 Å². The average Bonchev–Trinajstić information content (AvgIpc) is 3.45. The summed E-state index contributed by atoms with van der Waals surface area (Å²) in [5.41, 5.74) is 1.97. The Morgan fingerprint density at radius 2 is 1.68 bits per heavy atom. The number of hydrogen-bond donors (Lipinski definition) is 1. The van der Waals surface area contributed by atoms with Crippen molar-refractivity contribution in [2.24, 2.45) is 0 Å². The van der Waals surface area contributed by atoms with Gasteiger partial charge in [-0.15, -0.1) is 0 Å². The summed E-state index contributed by atoms with van der Waals surface area (Å²) >= 11 is 12.6. The van der Waals surface area contributed by atoms with Gasteiger partial charge in [0.05, 0.1) is 15.6 Å². The van der Waals surface area contributed by atoms with Gasteiger partial charge in [-0.2, -0.15) is 0 Å². The van der Waals surface area contributed by atoms with Crippen LogP contribution in [0.3, 0.4) is 0 Å². The van der Waals surface area contributed by atoms with E-state index in [1.54, 1.807) is 18.2 Å². The zero-order valence-corrected chi connectivity index (χ0v) is 25.6. The molecule has 0 bridgehead atoms. The van der Waals surface area contributed by atoms with Gasteiger partial charge in [-0.1, -0.05) is 91.0 Å². The molecule has 0 aliphatic heterocycles. The number of halogens is 2. The summed E-state index contributed by atoms with van der Waals surface area (Å²) in [4.78, 5) is 29.2. The maximum atomic E-state index is 14.2. The first kappa shape index (κ1) is 30.9. The average molecular weight is 617 g/mol. The summed E-state index contributed by atoms with van der Waals surface area (Å²) < 4.78 is 28.8. The molecular weight excluding hydrogens is 581 g/mol. The van der Waals surface area contributed by atoms with Crippen LogP contribution in [0, 0.1) is 6.92 Å². The second kappa shape index (κ2) is 13.7.